The average molecular weight is 419 g/mol. The van der Waals surface area contributed by atoms with Crippen LogP contribution in [0.3, 0.4) is 0 Å². The first-order valence-corrected chi connectivity index (χ1v) is 9.75. The van der Waals surface area contributed by atoms with Crippen LogP contribution >= 0.6 is 11.6 Å². The number of aromatic nitrogens is 2. The summed E-state index contributed by atoms with van der Waals surface area (Å²) in [7, 11) is 1.77. The van der Waals surface area contributed by atoms with Gasteiger partial charge in [0.1, 0.15) is 6.61 Å². The van der Waals surface area contributed by atoms with Crippen molar-refractivity contribution in [3.05, 3.63) is 71.0 Å². The molecule has 0 aliphatic rings. The molecule has 7 nitrogen and oxygen atoms in total. The molecule has 3 aromatic rings. The van der Waals surface area contributed by atoms with Gasteiger partial charge in [-0.25, -0.2) is 4.98 Å². The highest BCUT2D eigenvalue weighted by atomic mass is 35.5. The SMILES string of the molecule is Cn1ccnc1OCc1ccc(NC(=O)Cc2ccccc2Cl)cc1S(=O)[O-]. The number of carbonyl (C=O) groups excluding carboxylic acids is 1. The number of imidazole rings is 1. The van der Waals surface area contributed by atoms with Gasteiger partial charge in [-0.15, -0.1) is 0 Å². The Morgan fingerprint density at radius 1 is 1.29 bits per heavy atom. The number of rotatable bonds is 7. The lowest BCUT2D eigenvalue weighted by Gasteiger charge is -2.15. The second-order valence-corrected chi connectivity index (χ2v) is 7.30. The maximum atomic E-state index is 12.3. The molecule has 146 valence electrons. The third-order valence-corrected chi connectivity index (χ3v) is 5.08. The fraction of sp³-hybridized carbons (Fsp3) is 0.158. The lowest BCUT2D eigenvalue weighted by atomic mass is 10.1. The van der Waals surface area contributed by atoms with Crippen LogP contribution < -0.4 is 10.1 Å². The molecule has 0 radical (unpaired) electrons. The van der Waals surface area contributed by atoms with Crippen LogP contribution in [0.2, 0.25) is 5.02 Å². The number of carbonyl (C=O) groups is 1. The Bertz CT molecular complexity index is 1020. The number of halogens is 1. The number of anilines is 1. The van der Waals surface area contributed by atoms with Crippen molar-refractivity contribution in [2.45, 2.75) is 17.9 Å². The van der Waals surface area contributed by atoms with E-state index in [9.17, 15) is 13.6 Å². The van der Waals surface area contributed by atoms with Gasteiger partial charge < -0.3 is 19.2 Å². The van der Waals surface area contributed by atoms with Crippen LogP contribution in [-0.4, -0.2) is 24.2 Å². The van der Waals surface area contributed by atoms with Crippen molar-refractivity contribution >= 4 is 34.3 Å². The van der Waals surface area contributed by atoms with E-state index in [-0.39, 0.29) is 23.8 Å². The second-order valence-electron chi connectivity index (χ2n) is 5.98. The van der Waals surface area contributed by atoms with Gasteiger partial charge in [-0.1, -0.05) is 35.9 Å². The van der Waals surface area contributed by atoms with E-state index in [0.29, 0.717) is 27.8 Å². The van der Waals surface area contributed by atoms with E-state index in [1.54, 1.807) is 60.4 Å². The quantitative estimate of drug-likeness (QED) is 0.595. The lowest BCUT2D eigenvalue weighted by molar-refractivity contribution is -0.115. The van der Waals surface area contributed by atoms with Gasteiger partial charge in [0.2, 0.25) is 5.91 Å². The normalized spacial score (nSPS) is 11.8. The zero-order chi connectivity index (χ0) is 20.1. The molecular weight excluding hydrogens is 402 g/mol. The fourth-order valence-electron chi connectivity index (χ4n) is 2.56. The molecule has 1 amide bonds. The minimum atomic E-state index is -2.49. The summed E-state index contributed by atoms with van der Waals surface area (Å²) in [5.41, 5.74) is 1.52. The van der Waals surface area contributed by atoms with Crippen molar-refractivity contribution in [3.8, 4) is 6.01 Å². The Hall–Kier alpha value is -2.68. The van der Waals surface area contributed by atoms with Gasteiger partial charge in [0.15, 0.2) is 0 Å². The molecule has 3 rings (SSSR count). The van der Waals surface area contributed by atoms with Crippen molar-refractivity contribution in [1.82, 2.24) is 9.55 Å². The molecular formula is C19H17ClN3O4S-. The van der Waals surface area contributed by atoms with Crippen molar-refractivity contribution in [3.63, 3.8) is 0 Å². The van der Waals surface area contributed by atoms with Crippen molar-refractivity contribution in [2.24, 2.45) is 7.05 Å². The van der Waals surface area contributed by atoms with Gasteiger partial charge in [-0.3, -0.25) is 9.00 Å². The summed E-state index contributed by atoms with van der Waals surface area (Å²) in [6, 6.07) is 12.0. The predicted molar refractivity (Wildman–Crippen MR) is 105 cm³/mol. The third-order valence-electron chi connectivity index (χ3n) is 3.97. The molecule has 0 bridgehead atoms. The number of hydrogen-bond acceptors (Lipinski definition) is 5. The van der Waals surface area contributed by atoms with Gasteiger partial charge in [0.05, 0.1) is 6.42 Å². The molecule has 0 aliphatic carbocycles. The van der Waals surface area contributed by atoms with Crippen LogP contribution in [0.25, 0.3) is 0 Å². The maximum absolute atomic E-state index is 12.3. The van der Waals surface area contributed by atoms with E-state index in [1.165, 1.54) is 6.07 Å². The first-order chi connectivity index (χ1) is 13.4. The number of aryl methyl sites for hydroxylation is 1. The number of benzene rings is 2. The summed E-state index contributed by atoms with van der Waals surface area (Å²) in [6.07, 6.45) is 3.39. The number of nitrogens with one attached hydrogen (secondary N) is 1. The van der Waals surface area contributed by atoms with Crippen LogP contribution in [0.4, 0.5) is 5.69 Å². The summed E-state index contributed by atoms with van der Waals surface area (Å²) in [4.78, 5) is 16.3. The first kappa shape index (κ1) is 20.1. The number of hydrogen-bond donors (Lipinski definition) is 1. The largest absolute Gasteiger partial charge is 0.768 e. The Morgan fingerprint density at radius 2 is 2.07 bits per heavy atom. The van der Waals surface area contributed by atoms with Crippen molar-refractivity contribution in [1.29, 1.82) is 0 Å². The van der Waals surface area contributed by atoms with Crippen LogP contribution in [0.5, 0.6) is 6.01 Å². The molecule has 0 saturated heterocycles. The number of nitrogens with zero attached hydrogens (tertiary/aromatic N) is 2. The Morgan fingerprint density at radius 3 is 2.75 bits per heavy atom. The molecule has 1 aromatic heterocycles. The molecule has 1 N–H and O–H groups in total. The maximum Gasteiger partial charge on any atom is 0.296 e. The minimum Gasteiger partial charge on any atom is -0.768 e. The summed E-state index contributed by atoms with van der Waals surface area (Å²) in [5.74, 6) is -0.298. The monoisotopic (exact) mass is 418 g/mol. The summed E-state index contributed by atoms with van der Waals surface area (Å²) in [5, 5.41) is 3.19. The molecule has 1 unspecified atom stereocenters. The molecule has 0 saturated carbocycles. The molecule has 0 fully saturated rings. The van der Waals surface area contributed by atoms with Gasteiger partial charge in [-0.05, 0) is 34.8 Å². The highest BCUT2D eigenvalue weighted by Gasteiger charge is 2.11. The molecule has 1 heterocycles. The van der Waals surface area contributed by atoms with Gasteiger partial charge in [0.25, 0.3) is 6.01 Å². The van der Waals surface area contributed by atoms with Crippen LogP contribution in [-0.2, 0) is 36.0 Å². The average Bonchev–Trinajstić information content (AvgIpc) is 3.07. The first-order valence-electron chi connectivity index (χ1n) is 8.29. The molecule has 28 heavy (non-hydrogen) atoms. The highest BCUT2D eigenvalue weighted by molar-refractivity contribution is 7.79. The van der Waals surface area contributed by atoms with E-state index in [2.05, 4.69) is 10.3 Å². The summed E-state index contributed by atoms with van der Waals surface area (Å²) >= 11 is 3.57. The number of amides is 1. The Labute approximate surface area is 169 Å². The van der Waals surface area contributed by atoms with Gasteiger partial charge >= 0.3 is 0 Å². The van der Waals surface area contributed by atoms with Crippen LogP contribution in [0, 0.1) is 0 Å². The smallest absolute Gasteiger partial charge is 0.296 e. The second kappa shape index (κ2) is 9.01. The van der Waals surface area contributed by atoms with E-state index in [1.807, 2.05) is 0 Å². The van der Waals surface area contributed by atoms with Gasteiger partial charge in [0, 0.05) is 40.6 Å². The fourth-order valence-corrected chi connectivity index (χ4v) is 3.33. The molecule has 2 aromatic carbocycles. The number of ether oxygens (including phenoxy) is 1. The molecule has 0 aliphatic heterocycles. The van der Waals surface area contributed by atoms with E-state index in [0.717, 1.165) is 0 Å². The topological polar surface area (TPSA) is 96.3 Å². The lowest BCUT2D eigenvalue weighted by Crippen LogP contribution is -2.15. The Kier molecular flexibility index (Phi) is 6.45. The minimum absolute atomic E-state index is 0.0298. The highest BCUT2D eigenvalue weighted by Crippen LogP contribution is 2.21. The zero-order valence-corrected chi connectivity index (χ0v) is 16.5. The van der Waals surface area contributed by atoms with Crippen molar-refractivity contribution in [2.75, 3.05) is 5.32 Å². The predicted octanol–water partition coefficient (Wildman–Crippen LogP) is 3.07. The standard InChI is InChI=1S/C19H18ClN3O4S/c1-23-9-8-21-19(23)27-12-14-6-7-15(11-17(14)28(25)26)22-18(24)10-13-4-2-3-5-16(13)20/h2-9,11H,10,12H2,1H3,(H,22,24)(H,25,26)/p-1. The third kappa shape index (κ3) is 4.98. The molecule has 0 spiro atoms. The summed E-state index contributed by atoms with van der Waals surface area (Å²) < 4.78 is 30.5. The summed E-state index contributed by atoms with van der Waals surface area (Å²) in [6.45, 7) is 0.0298. The van der Waals surface area contributed by atoms with Crippen LogP contribution in [0.1, 0.15) is 11.1 Å². The van der Waals surface area contributed by atoms with Gasteiger partial charge in [-0.2, -0.15) is 0 Å². The van der Waals surface area contributed by atoms with Crippen LogP contribution in [0.15, 0.2) is 59.8 Å². The van der Waals surface area contributed by atoms with E-state index >= 15 is 0 Å². The van der Waals surface area contributed by atoms with Crippen molar-refractivity contribution < 1.29 is 18.3 Å². The van der Waals surface area contributed by atoms with E-state index < -0.39 is 11.1 Å². The van der Waals surface area contributed by atoms with E-state index in [4.69, 9.17) is 16.3 Å². The Balaban J connectivity index is 1.71. The molecule has 1 atom stereocenters. The molecule has 9 heteroatoms. The zero-order valence-electron chi connectivity index (χ0n) is 14.9.